The van der Waals surface area contributed by atoms with E-state index in [2.05, 4.69) is 4.74 Å². The summed E-state index contributed by atoms with van der Waals surface area (Å²) in [7, 11) is 4.43. The molecule has 0 spiro atoms. The second-order valence-electron chi connectivity index (χ2n) is 7.34. The first kappa shape index (κ1) is 25.8. The Kier molecular flexibility index (Phi) is 7.59. The minimum Gasteiger partial charge on any atom is -0.492 e. The third-order valence-corrected chi connectivity index (χ3v) is 5.50. The van der Waals surface area contributed by atoms with Crippen LogP contribution in [-0.2, 0) is 23.8 Å². The number of hydrogen-bond acceptors (Lipinski definition) is 10. The van der Waals surface area contributed by atoms with Crippen LogP contribution >= 0.6 is 0 Å². The summed E-state index contributed by atoms with van der Waals surface area (Å²) in [5.41, 5.74) is 5.49. The van der Waals surface area contributed by atoms with Crippen molar-refractivity contribution in [2.75, 3.05) is 33.3 Å². The van der Waals surface area contributed by atoms with Gasteiger partial charge in [-0.2, -0.15) is 5.26 Å². The smallest absolute Gasteiger partial charge is 0.355 e. The van der Waals surface area contributed by atoms with E-state index >= 15 is 4.39 Å². The van der Waals surface area contributed by atoms with Gasteiger partial charge in [-0.15, -0.1) is 0 Å². The lowest BCUT2D eigenvalue weighted by molar-refractivity contribution is -0.139. The van der Waals surface area contributed by atoms with E-state index < -0.39 is 41.1 Å². The Balaban J connectivity index is 2.51. The summed E-state index contributed by atoms with van der Waals surface area (Å²) >= 11 is 0. The number of nitriles is 1. The zero-order valence-corrected chi connectivity index (χ0v) is 19.8. The summed E-state index contributed by atoms with van der Waals surface area (Å²) in [6.45, 7) is 0. The van der Waals surface area contributed by atoms with Gasteiger partial charge >= 0.3 is 17.9 Å². The molecule has 0 saturated heterocycles. The molecule has 1 aliphatic heterocycles. The molecule has 0 aliphatic carbocycles. The van der Waals surface area contributed by atoms with Crippen molar-refractivity contribution in [3.05, 3.63) is 82.1 Å². The quantitative estimate of drug-likeness (QED) is 0.469. The number of carbonyl (C=O) groups excluding carboxylic acids is 3. The number of ether oxygens (including phenoxy) is 4. The molecule has 0 radical (unpaired) electrons. The molecule has 0 fully saturated rings. The minimum absolute atomic E-state index is 0.139. The Hall–Kier alpha value is -4.85. The topological polar surface area (TPSA) is 141 Å². The molecular weight excluding hydrogens is 473 g/mol. The normalized spacial score (nSPS) is 15.2. The number of carbonyl (C=O) groups is 3. The first-order valence-corrected chi connectivity index (χ1v) is 10.4. The third kappa shape index (κ3) is 4.32. The average Bonchev–Trinajstić information content (AvgIpc) is 2.90. The summed E-state index contributed by atoms with van der Waals surface area (Å²) in [5.74, 6) is -5.74. The molecule has 0 aromatic heterocycles. The van der Waals surface area contributed by atoms with Gasteiger partial charge in [0.25, 0.3) is 0 Å². The van der Waals surface area contributed by atoms with Gasteiger partial charge in [-0.3, -0.25) is 4.90 Å². The number of halogens is 1. The number of nitrogens with two attached hydrogens (primary N) is 1. The van der Waals surface area contributed by atoms with Crippen molar-refractivity contribution >= 4 is 23.6 Å². The number of methoxy groups -OCH3 is 4. The zero-order chi connectivity index (χ0) is 26.6. The van der Waals surface area contributed by atoms with Crippen LogP contribution < -0.4 is 15.4 Å². The molecule has 11 heteroatoms. The highest BCUT2D eigenvalue weighted by atomic mass is 19.1. The van der Waals surface area contributed by atoms with E-state index in [1.54, 1.807) is 30.3 Å². The molecule has 1 atom stereocenters. The number of allylic oxidation sites excluding steroid dienone is 1. The summed E-state index contributed by atoms with van der Waals surface area (Å²) in [6.07, 6.45) is 0. The van der Waals surface area contributed by atoms with Crippen LogP contribution in [0.5, 0.6) is 5.75 Å². The third-order valence-electron chi connectivity index (χ3n) is 5.50. The van der Waals surface area contributed by atoms with Gasteiger partial charge in [0.1, 0.15) is 11.5 Å². The summed E-state index contributed by atoms with van der Waals surface area (Å²) in [6, 6.07) is 12.4. The highest BCUT2D eigenvalue weighted by Crippen LogP contribution is 2.46. The van der Waals surface area contributed by atoms with Crippen LogP contribution in [0.1, 0.15) is 21.8 Å². The Morgan fingerprint density at radius 1 is 0.972 bits per heavy atom. The van der Waals surface area contributed by atoms with Gasteiger partial charge in [0, 0.05) is 0 Å². The number of anilines is 1. The second kappa shape index (κ2) is 10.6. The fourth-order valence-electron chi connectivity index (χ4n) is 3.95. The van der Waals surface area contributed by atoms with Gasteiger partial charge in [0.05, 0.1) is 62.8 Å². The molecule has 0 amide bonds. The van der Waals surface area contributed by atoms with Crippen LogP contribution in [0.15, 0.2) is 65.1 Å². The molecule has 2 aromatic carbocycles. The first-order chi connectivity index (χ1) is 17.2. The van der Waals surface area contributed by atoms with E-state index in [-0.39, 0.29) is 28.2 Å². The lowest BCUT2D eigenvalue weighted by atomic mass is 9.81. The average molecular weight is 495 g/mol. The Morgan fingerprint density at radius 2 is 1.58 bits per heavy atom. The van der Waals surface area contributed by atoms with Crippen LogP contribution in [0.3, 0.4) is 0 Å². The van der Waals surface area contributed by atoms with E-state index in [1.165, 1.54) is 0 Å². The van der Waals surface area contributed by atoms with Crippen molar-refractivity contribution in [2.45, 2.75) is 5.92 Å². The largest absolute Gasteiger partial charge is 0.492 e. The Labute approximate surface area is 205 Å². The van der Waals surface area contributed by atoms with Gasteiger partial charge in [0.2, 0.25) is 0 Å². The fourth-order valence-corrected chi connectivity index (χ4v) is 3.95. The van der Waals surface area contributed by atoms with Crippen LogP contribution in [-0.4, -0.2) is 46.3 Å². The molecule has 1 unspecified atom stereocenters. The van der Waals surface area contributed by atoms with E-state index in [0.29, 0.717) is 5.56 Å². The SMILES string of the molecule is COC(=O)C1=C(C(=O)OC)N(c2cc(C(=O)OC)cc(F)c2OC)C(N)=C(C#N)C1c1ccccc1. The van der Waals surface area contributed by atoms with Gasteiger partial charge < -0.3 is 24.7 Å². The fraction of sp³-hybridized carbons (Fsp3) is 0.200. The van der Waals surface area contributed by atoms with Crippen LogP contribution in [0, 0.1) is 17.1 Å². The summed E-state index contributed by atoms with van der Waals surface area (Å²) in [5, 5.41) is 10.1. The predicted octanol–water partition coefficient (Wildman–Crippen LogP) is 2.52. The molecule has 2 aromatic rings. The highest BCUT2D eigenvalue weighted by Gasteiger charge is 2.44. The van der Waals surface area contributed by atoms with Crippen molar-refractivity contribution in [3.63, 3.8) is 0 Å². The molecule has 3 rings (SSSR count). The minimum atomic E-state index is -1.12. The summed E-state index contributed by atoms with van der Waals surface area (Å²) < 4.78 is 34.8. The molecule has 0 bridgehead atoms. The number of esters is 3. The zero-order valence-electron chi connectivity index (χ0n) is 19.8. The lowest BCUT2D eigenvalue weighted by Crippen LogP contribution is -2.41. The number of benzene rings is 2. The molecule has 36 heavy (non-hydrogen) atoms. The second-order valence-corrected chi connectivity index (χ2v) is 7.34. The maximum Gasteiger partial charge on any atom is 0.355 e. The van der Waals surface area contributed by atoms with Crippen molar-refractivity contribution < 1.29 is 37.7 Å². The molecule has 10 nitrogen and oxygen atoms in total. The molecule has 1 aliphatic rings. The Morgan fingerprint density at radius 3 is 2.11 bits per heavy atom. The molecule has 2 N–H and O–H groups in total. The molecule has 186 valence electrons. The monoisotopic (exact) mass is 495 g/mol. The van der Waals surface area contributed by atoms with Gasteiger partial charge in [-0.25, -0.2) is 18.8 Å². The van der Waals surface area contributed by atoms with Crippen molar-refractivity contribution in [1.29, 1.82) is 5.26 Å². The van der Waals surface area contributed by atoms with E-state index in [4.69, 9.17) is 19.9 Å². The van der Waals surface area contributed by atoms with E-state index in [0.717, 1.165) is 45.5 Å². The molecule has 1 heterocycles. The van der Waals surface area contributed by atoms with E-state index in [1.807, 2.05) is 6.07 Å². The maximum atomic E-state index is 15.0. The number of nitrogens with zero attached hydrogens (tertiary/aromatic N) is 2. The van der Waals surface area contributed by atoms with E-state index in [9.17, 15) is 19.6 Å². The number of rotatable bonds is 6. The van der Waals surface area contributed by atoms with Crippen molar-refractivity contribution in [1.82, 2.24) is 0 Å². The first-order valence-electron chi connectivity index (χ1n) is 10.4. The lowest BCUT2D eigenvalue weighted by Gasteiger charge is -2.36. The molecular formula is C25H22FN3O7. The highest BCUT2D eigenvalue weighted by molar-refractivity contribution is 6.07. The van der Waals surface area contributed by atoms with Crippen LogP contribution in [0.25, 0.3) is 0 Å². The van der Waals surface area contributed by atoms with Crippen molar-refractivity contribution in [3.8, 4) is 11.8 Å². The van der Waals surface area contributed by atoms with Gasteiger partial charge in [-0.05, 0) is 17.7 Å². The van der Waals surface area contributed by atoms with Crippen LogP contribution in [0.4, 0.5) is 10.1 Å². The van der Waals surface area contributed by atoms with Crippen LogP contribution in [0.2, 0.25) is 0 Å². The maximum absolute atomic E-state index is 15.0. The van der Waals surface area contributed by atoms with Gasteiger partial charge in [-0.1, -0.05) is 30.3 Å². The number of hydrogen-bond donors (Lipinski definition) is 1. The molecule has 0 saturated carbocycles. The van der Waals surface area contributed by atoms with Gasteiger partial charge in [0.15, 0.2) is 11.6 Å². The Bertz CT molecular complexity index is 1330. The predicted molar refractivity (Wildman–Crippen MR) is 124 cm³/mol. The summed E-state index contributed by atoms with van der Waals surface area (Å²) in [4.78, 5) is 39.4. The standard InChI is InChI=1S/C25H22FN3O7/c1-33-21-16(26)10-14(23(30)34-2)11-17(21)29-20(25(32)36-4)19(24(31)35-3)18(15(12-27)22(29)28)13-8-6-5-7-9-13/h5-11,18H,28H2,1-4H3. The van der Waals surface area contributed by atoms with Crippen molar-refractivity contribution in [2.24, 2.45) is 5.73 Å².